The van der Waals surface area contributed by atoms with E-state index in [2.05, 4.69) is 42.7 Å². The first kappa shape index (κ1) is 32.7. The van der Waals surface area contributed by atoms with Gasteiger partial charge in [-0.3, -0.25) is 0 Å². The van der Waals surface area contributed by atoms with Gasteiger partial charge in [-0.1, -0.05) is 18.9 Å². The van der Waals surface area contributed by atoms with Crippen molar-refractivity contribution < 1.29 is 36.5 Å². The number of hydrogen-bond acceptors (Lipinski definition) is 9. The summed E-state index contributed by atoms with van der Waals surface area (Å²) in [7, 11) is 0. The van der Waals surface area contributed by atoms with Crippen LogP contribution in [0.5, 0.6) is 17.6 Å². The summed E-state index contributed by atoms with van der Waals surface area (Å²) < 4.78 is 84.9. The van der Waals surface area contributed by atoms with Gasteiger partial charge in [0.2, 0.25) is 5.88 Å². The Hall–Kier alpha value is -4.48. The van der Waals surface area contributed by atoms with E-state index in [4.69, 9.17) is 11.2 Å². The summed E-state index contributed by atoms with van der Waals surface area (Å²) in [6.07, 6.45) is 5.14. The molecule has 4 aromatic rings. The van der Waals surface area contributed by atoms with E-state index in [0.717, 1.165) is 63.9 Å². The van der Waals surface area contributed by atoms with Crippen molar-refractivity contribution in [2.24, 2.45) is 11.3 Å². The number of halogens is 5. The zero-order valence-corrected chi connectivity index (χ0v) is 27.3. The molecule has 2 aromatic heterocycles. The van der Waals surface area contributed by atoms with Crippen molar-refractivity contribution in [1.82, 2.24) is 25.2 Å². The standard InChI is InChI=1S/C36H35F5N6O3/c1-3-24-26(37)7-4-20-12-23(48)13-25(27(20)24)30-29(38)31-28(33(43-30)50-36(39,40)41)32(47-15-21-5-6-22(16-47)42-21)45-34(44-31)49-18-35(9-10-35)17-46-11-8-19(2)14-46/h1,4,7,12-13,19,21-22,42,48H,5-6,8-11,14-18H2,2H3. The van der Waals surface area contributed by atoms with Crippen LogP contribution < -0.4 is 19.7 Å². The summed E-state index contributed by atoms with van der Waals surface area (Å²) in [5.74, 6) is -0.445. The lowest BCUT2D eigenvalue weighted by Crippen LogP contribution is -2.51. The van der Waals surface area contributed by atoms with Crippen molar-refractivity contribution in [2.45, 2.75) is 57.5 Å². The van der Waals surface area contributed by atoms with Crippen LogP contribution in [0.3, 0.4) is 0 Å². The lowest BCUT2D eigenvalue weighted by Gasteiger charge is -2.34. The number of hydrogen-bond donors (Lipinski definition) is 2. The molecule has 0 spiro atoms. The average molecular weight is 695 g/mol. The molecule has 1 aliphatic carbocycles. The number of aromatic hydroxyl groups is 1. The van der Waals surface area contributed by atoms with Crippen molar-refractivity contribution in [3.63, 3.8) is 0 Å². The van der Waals surface area contributed by atoms with Gasteiger partial charge in [0.1, 0.15) is 34.0 Å². The number of ether oxygens (including phenoxy) is 2. The van der Waals surface area contributed by atoms with Crippen LogP contribution in [0.2, 0.25) is 0 Å². The Kier molecular flexibility index (Phi) is 7.91. The molecule has 3 saturated heterocycles. The number of phenols is 1. The van der Waals surface area contributed by atoms with Crippen LogP contribution in [0.15, 0.2) is 24.3 Å². The molecule has 3 aliphatic heterocycles. The topological polar surface area (TPSA) is 95.9 Å². The Morgan fingerprint density at radius 2 is 1.80 bits per heavy atom. The summed E-state index contributed by atoms with van der Waals surface area (Å²) in [6, 6.07) is 4.69. The fourth-order valence-corrected chi connectivity index (χ4v) is 7.87. The number of rotatable bonds is 8. The molecule has 14 heteroatoms. The molecule has 0 amide bonds. The number of phenolic OH excluding ortho intramolecular Hbond substituents is 1. The number of benzene rings is 2. The first-order chi connectivity index (χ1) is 23.9. The van der Waals surface area contributed by atoms with Gasteiger partial charge in [-0.05, 0) is 68.2 Å². The second-order valence-electron chi connectivity index (χ2n) is 14.3. The highest BCUT2D eigenvalue weighted by Gasteiger charge is 2.46. The van der Waals surface area contributed by atoms with Gasteiger partial charge < -0.3 is 29.7 Å². The Bertz CT molecular complexity index is 2040. The number of likely N-dealkylation sites (tertiary alicyclic amines) is 1. The summed E-state index contributed by atoms with van der Waals surface area (Å²) in [5.41, 5.74) is -1.83. The van der Waals surface area contributed by atoms with Crippen molar-refractivity contribution in [3.05, 3.63) is 41.5 Å². The minimum Gasteiger partial charge on any atom is -0.508 e. The van der Waals surface area contributed by atoms with Crippen LogP contribution in [-0.2, 0) is 0 Å². The quantitative estimate of drug-likeness (QED) is 0.166. The zero-order chi connectivity index (χ0) is 34.9. The van der Waals surface area contributed by atoms with Gasteiger partial charge in [0.05, 0.1) is 12.2 Å². The SMILES string of the molecule is C#Cc1c(F)ccc2cc(O)cc(-c3nc(OC(F)(F)F)c4c(N5CC6CCC(C5)N6)nc(OCC5(CN6CCC(C)C6)CC5)nc4c3F)c12. The van der Waals surface area contributed by atoms with Crippen LogP contribution in [0.25, 0.3) is 32.9 Å². The van der Waals surface area contributed by atoms with Crippen molar-refractivity contribution in [1.29, 1.82) is 0 Å². The van der Waals surface area contributed by atoms with Gasteiger partial charge in [-0.2, -0.15) is 9.97 Å². The van der Waals surface area contributed by atoms with Crippen molar-refractivity contribution >= 4 is 27.5 Å². The molecule has 3 unspecified atom stereocenters. The highest BCUT2D eigenvalue weighted by Crippen LogP contribution is 2.48. The number of pyridine rings is 1. The van der Waals surface area contributed by atoms with E-state index in [9.17, 15) is 22.7 Å². The molecule has 0 radical (unpaired) electrons. The van der Waals surface area contributed by atoms with Gasteiger partial charge in [-0.25, -0.2) is 13.8 Å². The van der Waals surface area contributed by atoms with Crippen LogP contribution in [0.1, 0.15) is 44.6 Å². The van der Waals surface area contributed by atoms with Gasteiger partial charge in [0.25, 0.3) is 0 Å². The number of nitrogens with one attached hydrogen (secondary N) is 1. The summed E-state index contributed by atoms with van der Waals surface area (Å²) in [4.78, 5) is 17.3. The van der Waals surface area contributed by atoms with Crippen LogP contribution in [0.4, 0.5) is 27.8 Å². The predicted molar refractivity (Wildman–Crippen MR) is 176 cm³/mol. The van der Waals surface area contributed by atoms with E-state index in [1.54, 1.807) is 4.90 Å². The number of anilines is 1. The fourth-order valence-electron chi connectivity index (χ4n) is 7.87. The molecule has 1 saturated carbocycles. The lowest BCUT2D eigenvalue weighted by atomic mass is 9.95. The third-order valence-electron chi connectivity index (χ3n) is 10.4. The Balaban J connectivity index is 1.31. The Labute approximate surface area is 284 Å². The average Bonchev–Trinajstić information content (AvgIpc) is 3.58. The third-order valence-corrected chi connectivity index (χ3v) is 10.4. The number of nitrogens with zero attached hydrogens (tertiary/aromatic N) is 5. The highest BCUT2D eigenvalue weighted by molar-refractivity contribution is 6.04. The summed E-state index contributed by atoms with van der Waals surface area (Å²) >= 11 is 0. The van der Waals surface area contributed by atoms with E-state index < -0.39 is 35.1 Å². The minimum absolute atomic E-state index is 0.00920. The van der Waals surface area contributed by atoms with Gasteiger partial charge in [0, 0.05) is 54.6 Å². The van der Waals surface area contributed by atoms with Gasteiger partial charge >= 0.3 is 12.4 Å². The Morgan fingerprint density at radius 1 is 1.04 bits per heavy atom. The predicted octanol–water partition coefficient (Wildman–Crippen LogP) is 6.15. The molecule has 2 N–H and O–H groups in total. The zero-order valence-electron chi connectivity index (χ0n) is 27.3. The van der Waals surface area contributed by atoms with Crippen LogP contribution in [0, 0.1) is 35.3 Å². The fraction of sp³-hybridized carbons (Fsp3) is 0.472. The van der Waals surface area contributed by atoms with Crippen molar-refractivity contribution in [3.8, 4) is 41.2 Å². The molecule has 262 valence electrons. The molecule has 4 fully saturated rings. The summed E-state index contributed by atoms with van der Waals surface area (Å²) in [6.45, 7) is 6.11. The first-order valence-corrected chi connectivity index (χ1v) is 16.8. The highest BCUT2D eigenvalue weighted by atomic mass is 19.4. The van der Waals surface area contributed by atoms with E-state index >= 15 is 4.39 Å². The van der Waals surface area contributed by atoms with E-state index in [1.165, 1.54) is 12.1 Å². The lowest BCUT2D eigenvalue weighted by molar-refractivity contribution is -0.275. The maximum absolute atomic E-state index is 17.0. The van der Waals surface area contributed by atoms with E-state index in [1.807, 2.05) is 0 Å². The third kappa shape index (κ3) is 6.11. The molecule has 50 heavy (non-hydrogen) atoms. The van der Waals surface area contributed by atoms with E-state index in [-0.39, 0.29) is 69.0 Å². The van der Waals surface area contributed by atoms with Crippen LogP contribution >= 0.6 is 0 Å². The maximum atomic E-state index is 17.0. The minimum atomic E-state index is -5.23. The molecule has 5 heterocycles. The molecule has 2 aromatic carbocycles. The summed E-state index contributed by atoms with van der Waals surface area (Å²) in [5, 5.41) is 13.9. The van der Waals surface area contributed by atoms with Crippen LogP contribution in [-0.4, -0.2) is 82.7 Å². The number of piperazine rings is 1. The molecular formula is C36H35F5N6O3. The number of aromatic nitrogens is 3. The molecule has 8 rings (SSSR count). The number of terminal acetylenes is 1. The molecule has 9 nitrogen and oxygen atoms in total. The number of alkyl halides is 3. The number of fused-ring (bicyclic) bond motifs is 4. The van der Waals surface area contributed by atoms with Crippen molar-refractivity contribution in [2.75, 3.05) is 44.2 Å². The maximum Gasteiger partial charge on any atom is 0.574 e. The first-order valence-electron chi connectivity index (χ1n) is 16.8. The van der Waals surface area contributed by atoms with Gasteiger partial charge in [0.15, 0.2) is 5.82 Å². The molecule has 3 atom stereocenters. The Morgan fingerprint density at radius 3 is 2.46 bits per heavy atom. The van der Waals surface area contributed by atoms with E-state index in [0.29, 0.717) is 19.0 Å². The second-order valence-corrected chi connectivity index (χ2v) is 14.3. The monoisotopic (exact) mass is 694 g/mol. The molecule has 2 bridgehead atoms. The molecular weight excluding hydrogens is 659 g/mol. The second kappa shape index (κ2) is 12.1. The largest absolute Gasteiger partial charge is 0.574 e. The molecule has 4 aliphatic rings. The normalized spacial score (nSPS) is 23.1. The van der Waals surface area contributed by atoms with Gasteiger partial charge in [-0.15, -0.1) is 19.6 Å². The smallest absolute Gasteiger partial charge is 0.508 e.